The van der Waals surface area contributed by atoms with E-state index in [1.807, 2.05) is 34.8 Å². The van der Waals surface area contributed by atoms with E-state index in [4.69, 9.17) is 4.74 Å². The average Bonchev–Trinajstić information content (AvgIpc) is 3.51. The molecule has 0 aromatic carbocycles. The van der Waals surface area contributed by atoms with E-state index < -0.39 is 0 Å². The molecule has 2 aliphatic carbocycles. The van der Waals surface area contributed by atoms with Gasteiger partial charge < -0.3 is 19.1 Å². The Morgan fingerprint density at radius 1 is 1.00 bits per heavy atom. The first-order valence-corrected chi connectivity index (χ1v) is 11.3. The maximum absolute atomic E-state index is 13.3. The standard InChI is InChI=1S/C23H35N3O4/c1-3-30-23(29)14-13-21(27)26(18-8-5-4-6-9-18)17-22(28)25(19-11-12-19)16-20-10-7-15-24(20)2/h7,10,15,18-19H,3-6,8-9,11-14,16-17H2,1-2H3. The van der Waals surface area contributed by atoms with Crippen molar-refractivity contribution in [3.63, 3.8) is 0 Å². The Kier molecular flexibility index (Phi) is 7.94. The van der Waals surface area contributed by atoms with Crippen LogP contribution in [0.4, 0.5) is 0 Å². The lowest BCUT2D eigenvalue weighted by Crippen LogP contribution is -2.48. The summed E-state index contributed by atoms with van der Waals surface area (Å²) in [6.45, 7) is 2.75. The number of carbonyl (C=O) groups is 3. The predicted octanol–water partition coefficient (Wildman–Crippen LogP) is 3.02. The van der Waals surface area contributed by atoms with E-state index >= 15 is 0 Å². The second-order valence-electron chi connectivity index (χ2n) is 8.48. The highest BCUT2D eigenvalue weighted by molar-refractivity contribution is 5.87. The van der Waals surface area contributed by atoms with Crippen LogP contribution in [0, 0.1) is 0 Å². The maximum atomic E-state index is 13.3. The normalized spacial score (nSPS) is 16.9. The lowest BCUT2D eigenvalue weighted by atomic mass is 9.93. The van der Waals surface area contributed by atoms with Gasteiger partial charge in [-0.3, -0.25) is 14.4 Å². The summed E-state index contributed by atoms with van der Waals surface area (Å²) >= 11 is 0. The molecule has 0 aliphatic heterocycles. The van der Waals surface area contributed by atoms with Gasteiger partial charge in [-0.25, -0.2) is 0 Å². The van der Waals surface area contributed by atoms with Gasteiger partial charge in [-0.1, -0.05) is 19.3 Å². The van der Waals surface area contributed by atoms with Crippen LogP contribution < -0.4 is 0 Å². The number of esters is 1. The minimum Gasteiger partial charge on any atom is -0.466 e. The molecular weight excluding hydrogens is 382 g/mol. The van der Waals surface area contributed by atoms with Crippen LogP contribution in [0.1, 0.15) is 70.4 Å². The average molecular weight is 418 g/mol. The Labute approximate surface area is 179 Å². The summed E-state index contributed by atoms with van der Waals surface area (Å²) in [5.74, 6) is -0.462. The number of carbonyl (C=O) groups excluding carboxylic acids is 3. The largest absolute Gasteiger partial charge is 0.466 e. The Balaban J connectivity index is 1.67. The zero-order valence-corrected chi connectivity index (χ0v) is 18.3. The molecule has 2 saturated carbocycles. The molecule has 2 amide bonds. The molecule has 1 aromatic rings. The third kappa shape index (κ3) is 6.09. The van der Waals surface area contributed by atoms with Crippen molar-refractivity contribution in [2.24, 2.45) is 7.05 Å². The van der Waals surface area contributed by atoms with Gasteiger partial charge in [0.05, 0.1) is 19.6 Å². The van der Waals surface area contributed by atoms with Gasteiger partial charge in [0, 0.05) is 37.4 Å². The zero-order valence-electron chi connectivity index (χ0n) is 18.3. The number of ether oxygens (including phenoxy) is 1. The van der Waals surface area contributed by atoms with Crippen molar-refractivity contribution in [3.8, 4) is 0 Å². The molecule has 2 aliphatic rings. The van der Waals surface area contributed by atoms with Crippen LogP contribution >= 0.6 is 0 Å². The Bertz CT molecular complexity index is 735. The molecule has 0 radical (unpaired) electrons. The molecule has 0 bridgehead atoms. The van der Waals surface area contributed by atoms with Crippen molar-refractivity contribution in [2.45, 2.75) is 83.3 Å². The number of aromatic nitrogens is 1. The molecule has 0 saturated heterocycles. The van der Waals surface area contributed by atoms with Crippen molar-refractivity contribution in [3.05, 3.63) is 24.0 Å². The van der Waals surface area contributed by atoms with Crippen molar-refractivity contribution in [1.29, 1.82) is 0 Å². The van der Waals surface area contributed by atoms with Gasteiger partial charge >= 0.3 is 5.97 Å². The molecule has 30 heavy (non-hydrogen) atoms. The van der Waals surface area contributed by atoms with Gasteiger partial charge in [-0.15, -0.1) is 0 Å². The SMILES string of the molecule is CCOC(=O)CCC(=O)N(CC(=O)N(Cc1cccn1C)C1CC1)C1CCCCC1. The van der Waals surface area contributed by atoms with E-state index in [1.165, 1.54) is 6.42 Å². The number of amides is 2. The van der Waals surface area contributed by atoms with Crippen LogP contribution in [0.25, 0.3) is 0 Å². The lowest BCUT2D eigenvalue weighted by Gasteiger charge is -2.35. The minimum atomic E-state index is -0.357. The molecule has 0 spiro atoms. The smallest absolute Gasteiger partial charge is 0.306 e. The molecule has 0 atom stereocenters. The van der Waals surface area contributed by atoms with Crippen LogP contribution in [0.2, 0.25) is 0 Å². The quantitative estimate of drug-likeness (QED) is 0.549. The second-order valence-corrected chi connectivity index (χ2v) is 8.48. The van der Waals surface area contributed by atoms with Gasteiger partial charge in [0.2, 0.25) is 11.8 Å². The first-order valence-electron chi connectivity index (χ1n) is 11.3. The predicted molar refractivity (Wildman–Crippen MR) is 113 cm³/mol. The van der Waals surface area contributed by atoms with Crippen molar-refractivity contribution >= 4 is 17.8 Å². The molecule has 0 N–H and O–H groups in total. The van der Waals surface area contributed by atoms with Gasteiger partial charge in [0.15, 0.2) is 0 Å². The summed E-state index contributed by atoms with van der Waals surface area (Å²) in [5, 5.41) is 0. The van der Waals surface area contributed by atoms with E-state index in [9.17, 15) is 14.4 Å². The first-order chi connectivity index (χ1) is 14.5. The summed E-state index contributed by atoms with van der Waals surface area (Å²) < 4.78 is 6.99. The maximum Gasteiger partial charge on any atom is 0.306 e. The Hall–Kier alpha value is -2.31. The van der Waals surface area contributed by atoms with Crippen molar-refractivity contribution < 1.29 is 19.1 Å². The molecular formula is C23H35N3O4. The van der Waals surface area contributed by atoms with Crippen LogP contribution in [0.3, 0.4) is 0 Å². The fourth-order valence-electron chi connectivity index (χ4n) is 4.28. The number of aryl methyl sites for hydroxylation is 1. The molecule has 1 heterocycles. The van der Waals surface area contributed by atoms with Crippen LogP contribution in [0.15, 0.2) is 18.3 Å². The summed E-state index contributed by atoms with van der Waals surface area (Å²) in [5.41, 5.74) is 1.09. The zero-order chi connectivity index (χ0) is 21.5. The molecule has 7 nitrogen and oxygen atoms in total. The Morgan fingerprint density at radius 3 is 2.30 bits per heavy atom. The number of hydrogen-bond donors (Lipinski definition) is 0. The van der Waals surface area contributed by atoms with E-state index in [2.05, 4.69) is 0 Å². The van der Waals surface area contributed by atoms with E-state index in [-0.39, 0.29) is 49.3 Å². The van der Waals surface area contributed by atoms with Crippen LogP contribution in [-0.4, -0.2) is 57.4 Å². The molecule has 1 aromatic heterocycles. The molecule has 7 heteroatoms. The molecule has 0 unspecified atom stereocenters. The van der Waals surface area contributed by atoms with Crippen molar-refractivity contribution in [2.75, 3.05) is 13.2 Å². The fraction of sp³-hybridized carbons (Fsp3) is 0.696. The minimum absolute atomic E-state index is 0.00811. The molecule has 166 valence electrons. The fourth-order valence-corrected chi connectivity index (χ4v) is 4.28. The summed E-state index contributed by atoms with van der Waals surface area (Å²) in [6, 6.07) is 4.38. The van der Waals surface area contributed by atoms with Gasteiger partial charge in [0.1, 0.15) is 6.54 Å². The number of nitrogens with zero attached hydrogens (tertiary/aromatic N) is 3. The first kappa shape index (κ1) is 22.4. The highest BCUT2D eigenvalue weighted by atomic mass is 16.5. The summed E-state index contributed by atoms with van der Waals surface area (Å²) in [7, 11) is 1.98. The third-order valence-corrected chi connectivity index (χ3v) is 6.18. The number of hydrogen-bond acceptors (Lipinski definition) is 4. The molecule has 3 rings (SSSR count). The highest BCUT2D eigenvalue weighted by Gasteiger charge is 2.35. The van der Waals surface area contributed by atoms with E-state index in [1.54, 1.807) is 11.8 Å². The van der Waals surface area contributed by atoms with Crippen molar-refractivity contribution in [1.82, 2.24) is 14.4 Å². The van der Waals surface area contributed by atoms with Gasteiger partial charge in [-0.05, 0) is 44.7 Å². The summed E-state index contributed by atoms with van der Waals surface area (Å²) in [4.78, 5) is 41.7. The van der Waals surface area contributed by atoms with Gasteiger partial charge in [0.25, 0.3) is 0 Å². The third-order valence-electron chi connectivity index (χ3n) is 6.18. The van der Waals surface area contributed by atoms with Crippen LogP contribution in [-0.2, 0) is 32.7 Å². The summed E-state index contributed by atoms with van der Waals surface area (Å²) in [6.07, 6.45) is 9.40. The highest BCUT2D eigenvalue weighted by Crippen LogP contribution is 2.30. The van der Waals surface area contributed by atoms with Gasteiger partial charge in [-0.2, -0.15) is 0 Å². The number of rotatable bonds is 10. The van der Waals surface area contributed by atoms with E-state index in [0.29, 0.717) is 13.2 Å². The van der Waals surface area contributed by atoms with Crippen LogP contribution in [0.5, 0.6) is 0 Å². The van der Waals surface area contributed by atoms with E-state index in [0.717, 1.165) is 44.2 Å². The second kappa shape index (κ2) is 10.6. The lowest BCUT2D eigenvalue weighted by molar-refractivity contribution is -0.148. The topological polar surface area (TPSA) is 71.8 Å². The monoisotopic (exact) mass is 417 g/mol. The Morgan fingerprint density at radius 2 is 1.70 bits per heavy atom. The molecule has 2 fully saturated rings.